The smallest absolute Gasteiger partial charge is 0.405 e. The normalized spacial score (nSPS) is 12.5. The largest absolute Gasteiger partial charge is 0.465 e. The van der Waals surface area contributed by atoms with Gasteiger partial charge in [0.15, 0.2) is 0 Å². The molecule has 0 saturated carbocycles. The number of hydrogen-bond donors (Lipinski definition) is 2. The van der Waals surface area contributed by atoms with E-state index in [1.54, 1.807) is 25.1 Å². The first-order valence-corrected chi connectivity index (χ1v) is 5.37. The molecule has 0 fully saturated rings. The topological polar surface area (TPSA) is 52.6 Å². The van der Waals surface area contributed by atoms with Crippen molar-refractivity contribution in [3.63, 3.8) is 0 Å². The van der Waals surface area contributed by atoms with Crippen LogP contribution >= 0.6 is 11.6 Å². The van der Waals surface area contributed by atoms with Crippen molar-refractivity contribution in [2.75, 3.05) is 20.6 Å². The molecule has 17 heavy (non-hydrogen) atoms. The lowest BCUT2D eigenvalue weighted by atomic mass is 10.1. The van der Waals surface area contributed by atoms with Crippen molar-refractivity contribution in [3.8, 4) is 0 Å². The Kier molecular flexibility index (Phi) is 4.72. The van der Waals surface area contributed by atoms with E-state index in [1.807, 2.05) is 0 Å². The van der Waals surface area contributed by atoms with Crippen LogP contribution in [0.15, 0.2) is 18.2 Å². The van der Waals surface area contributed by atoms with Gasteiger partial charge in [-0.15, -0.1) is 0 Å². The molecule has 1 atom stereocenters. The summed E-state index contributed by atoms with van der Waals surface area (Å²) in [6, 6.07) is 3.88. The zero-order chi connectivity index (χ0) is 13.0. The van der Waals surface area contributed by atoms with Crippen molar-refractivity contribution < 1.29 is 14.3 Å². The fraction of sp³-hybridized carbons (Fsp3) is 0.364. The Bertz CT molecular complexity index is 412. The zero-order valence-electron chi connectivity index (χ0n) is 9.58. The van der Waals surface area contributed by atoms with E-state index in [2.05, 4.69) is 5.32 Å². The van der Waals surface area contributed by atoms with Gasteiger partial charge in [0.2, 0.25) is 0 Å². The van der Waals surface area contributed by atoms with Gasteiger partial charge >= 0.3 is 6.09 Å². The minimum Gasteiger partial charge on any atom is -0.465 e. The van der Waals surface area contributed by atoms with Crippen LogP contribution in [0.3, 0.4) is 0 Å². The number of benzene rings is 1. The van der Waals surface area contributed by atoms with Crippen molar-refractivity contribution in [1.29, 1.82) is 0 Å². The highest BCUT2D eigenvalue weighted by Crippen LogP contribution is 2.23. The van der Waals surface area contributed by atoms with Crippen molar-refractivity contribution >= 4 is 17.7 Å². The van der Waals surface area contributed by atoms with Crippen LogP contribution in [0, 0.1) is 5.82 Å². The van der Waals surface area contributed by atoms with Crippen LogP contribution in [0.4, 0.5) is 9.18 Å². The summed E-state index contributed by atoms with van der Waals surface area (Å²) in [7, 11) is 3.55. The molecule has 1 rings (SSSR count). The van der Waals surface area contributed by atoms with Crippen molar-refractivity contribution in [3.05, 3.63) is 34.6 Å². The molecule has 0 spiro atoms. The Morgan fingerprint density at radius 1 is 1.59 bits per heavy atom. The molecular weight excluding hydrogens is 247 g/mol. The summed E-state index contributed by atoms with van der Waals surface area (Å²) in [4.78, 5) is 12.4. The second-order valence-electron chi connectivity index (χ2n) is 3.91. The van der Waals surface area contributed by atoms with Gasteiger partial charge in [0.05, 0.1) is 11.1 Å². The monoisotopic (exact) mass is 260 g/mol. The van der Waals surface area contributed by atoms with Gasteiger partial charge in [-0.2, -0.15) is 0 Å². The quantitative estimate of drug-likeness (QED) is 0.874. The number of hydrogen-bond acceptors (Lipinski definition) is 2. The minimum absolute atomic E-state index is 0.0153. The first-order chi connectivity index (χ1) is 7.91. The van der Waals surface area contributed by atoms with E-state index in [0.717, 1.165) is 0 Å². The summed E-state index contributed by atoms with van der Waals surface area (Å²) in [5.74, 6) is -0.588. The van der Waals surface area contributed by atoms with E-state index >= 15 is 0 Å². The maximum atomic E-state index is 13.8. The molecule has 1 aromatic rings. The summed E-state index contributed by atoms with van der Waals surface area (Å²) in [5, 5.41) is 11.0. The lowest BCUT2D eigenvalue weighted by molar-refractivity contribution is 0.186. The third-order valence-corrected chi connectivity index (χ3v) is 2.49. The van der Waals surface area contributed by atoms with Gasteiger partial charge in [-0.3, -0.25) is 0 Å². The predicted octanol–water partition coefficient (Wildman–Crippen LogP) is 2.35. The summed E-state index contributed by atoms with van der Waals surface area (Å²) in [6.07, 6.45) is -1.20. The van der Waals surface area contributed by atoms with Crippen LogP contribution in [0.2, 0.25) is 5.02 Å². The summed E-state index contributed by atoms with van der Waals surface area (Å²) in [6.45, 7) is 0.351. The Balaban J connectivity index is 3.03. The molecule has 94 valence electrons. The van der Waals surface area contributed by atoms with Crippen molar-refractivity contribution in [1.82, 2.24) is 10.2 Å². The summed E-state index contributed by atoms with van der Waals surface area (Å²) in [5.41, 5.74) is 0.244. The first-order valence-electron chi connectivity index (χ1n) is 5.00. The van der Waals surface area contributed by atoms with Gasteiger partial charge in [0.1, 0.15) is 5.82 Å². The number of carboxylic acid groups (broad SMARTS) is 1. The Hall–Kier alpha value is -1.33. The number of amides is 1. The summed E-state index contributed by atoms with van der Waals surface area (Å²) < 4.78 is 13.8. The van der Waals surface area contributed by atoms with Gasteiger partial charge in [0, 0.05) is 12.1 Å². The number of nitrogens with zero attached hydrogens (tertiary/aromatic N) is 1. The third-order valence-electron chi connectivity index (χ3n) is 2.20. The van der Waals surface area contributed by atoms with E-state index in [9.17, 15) is 9.18 Å². The maximum absolute atomic E-state index is 13.8. The molecule has 2 N–H and O–H groups in total. The number of carbonyl (C=O) groups is 1. The highest BCUT2D eigenvalue weighted by Gasteiger charge is 2.19. The van der Waals surface area contributed by atoms with Gasteiger partial charge in [0.25, 0.3) is 0 Å². The SMILES string of the molecule is CN(C)CC(NC(=O)O)c1cccc(Cl)c1F. The fourth-order valence-electron chi connectivity index (χ4n) is 1.53. The Labute approximate surface area is 104 Å². The molecular formula is C11H14ClFN2O2. The molecule has 0 heterocycles. The second-order valence-corrected chi connectivity index (χ2v) is 4.31. The van der Waals surface area contributed by atoms with Crippen molar-refractivity contribution in [2.24, 2.45) is 0 Å². The summed E-state index contributed by atoms with van der Waals surface area (Å²) >= 11 is 5.67. The lowest BCUT2D eigenvalue weighted by Crippen LogP contribution is -2.34. The molecule has 0 aliphatic heterocycles. The minimum atomic E-state index is -1.20. The number of nitrogens with one attached hydrogen (secondary N) is 1. The first kappa shape index (κ1) is 13.7. The van der Waals surface area contributed by atoms with Crippen LogP contribution in [0.25, 0.3) is 0 Å². The molecule has 0 aromatic heterocycles. The van der Waals surface area contributed by atoms with Gasteiger partial charge in [-0.05, 0) is 20.2 Å². The standard InChI is InChI=1S/C11H14ClFN2O2/c1-15(2)6-9(14-11(16)17)7-4-3-5-8(12)10(7)13/h3-5,9,14H,6H2,1-2H3,(H,16,17). The molecule has 6 heteroatoms. The second kappa shape index (κ2) is 5.84. The Morgan fingerprint density at radius 3 is 2.76 bits per heavy atom. The maximum Gasteiger partial charge on any atom is 0.405 e. The van der Waals surface area contributed by atoms with E-state index < -0.39 is 18.0 Å². The van der Waals surface area contributed by atoms with Gasteiger partial charge < -0.3 is 15.3 Å². The number of halogens is 2. The molecule has 4 nitrogen and oxygen atoms in total. The molecule has 0 aliphatic rings. The molecule has 1 amide bonds. The van der Waals surface area contributed by atoms with E-state index in [4.69, 9.17) is 16.7 Å². The lowest BCUT2D eigenvalue weighted by Gasteiger charge is -2.22. The molecule has 0 radical (unpaired) electrons. The number of likely N-dealkylation sites (N-methyl/N-ethyl adjacent to an activating group) is 1. The van der Waals surface area contributed by atoms with Crippen LogP contribution in [0.5, 0.6) is 0 Å². The highest BCUT2D eigenvalue weighted by atomic mass is 35.5. The van der Waals surface area contributed by atoms with Crippen LogP contribution < -0.4 is 5.32 Å². The molecule has 1 aromatic carbocycles. The average Bonchev–Trinajstić information content (AvgIpc) is 2.19. The van der Waals surface area contributed by atoms with Gasteiger partial charge in [-0.25, -0.2) is 9.18 Å². The Morgan fingerprint density at radius 2 is 2.24 bits per heavy atom. The number of rotatable bonds is 4. The van der Waals surface area contributed by atoms with E-state index in [-0.39, 0.29) is 10.6 Å². The molecule has 0 saturated heterocycles. The average molecular weight is 261 g/mol. The van der Waals surface area contributed by atoms with Crippen LogP contribution in [-0.4, -0.2) is 36.7 Å². The molecule has 0 bridgehead atoms. The van der Waals surface area contributed by atoms with Gasteiger partial charge in [-0.1, -0.05) is 23.7 Å². The van der Waals surface area contributed by atoms with E-state index in [1.165, 1.54) is 12.1 Å². The fourth-order valence-corrected chi connectivity index (χ4v) is 1.71. The third kappa shape index (κ3) is 3.87. The van der Waals surface area contributed by atoms with E-state index in [0.29, 0.717) is 6.54 Å². The van der Waals surface area contributed by atoms with Crippen molar-refractivity contribution in [2.45, 2.75) is 6.04 Å². The van der Waals surface area contributed by atoms with Crippen LogP contribution in [-0.2, 0) is 0 Å². The highest BCUT2D eigenvalue weighted by molar-refractivity contribution is 6.30. The molecule has 1 unspecified atom stereocenters. The zero-order valence-corrected chi connectivity index (χ0v) is 10.3. The van der Waals surface area contributed by atoms with Crippen LogP contribution in [0.1, 0.15) is 11.6 Å². The molecule has 0 aliphatic carbocycles. The predicted molar refractivity (Wildman–Crippen MR) is 63.9 cm³/mol.